The van der Waals surface area contributed by atoms with E-state index in [9.17, 15) is 0 Å². The number of benzene rings is 7. The molecule has 0 amide bonds. The van der Waals surface area contributed by atoms with Crippen LogP contribution in [0.15, 0.2) is 175 Å². The van der Waals surface area contributed by atoms with E-state index in [1.807, 2.05) is 72.9 Å². The predicted octanol–water partition coefficient (Wildman–Crippen LogP) is 13.9. The fourth-order valence-corrected chi connectivity index (χ4v) is 8.95. The zero-order chi connectivity index (χ0) is 36.9. The van der Waals surface area contributed by atoms with Gasteiger partial charge in [-0.25, -0.2) is 15.0 Å². The minimum absolute atomic E-state index is 0.590. The molecule has 7 aromatic carbocycles. The van der Waals surface area contributed by atoms with Gasteiger partial charge in [0, 0.05) is 47.6 Å². The van der Waals surface area contributed by atoms with Crippen molar-refractivity contribution >= 4 is 65.1 Å². The molecule has 0 radical (unpaired) electrons. The number of hydrogen-bond acceptors (Lipinski definition) is 5. The van der Waals surface area contributed by atoms with Gasteiger partial charge in [0.2, 0.25) is 0 Å². The van der Waals surface area contributed by atoms with E-state index in [0.29, 0.717) is 17.5 Å². The van der Waals surface area contributed by atoms with E-state index in [2.05, 4.69) is 122 Å². The van der Waals surface area contributed by atoms with Gasteiger partial charge in [-0.3, -0.25) is 0 Å². The third-order valence-corrected chi connectivity index (χ3v) is 11.5. The van der Waals surface area contributed by atoms with Crippen LogP contribution in [-0.4, -0.2) is 15.0 Å². The van der Waals surface area contributed by atoms with E-state index in [-0.39, 0.29) is 0 Å². The molecule has 0 saturated heterocycles. The molecule has 0 aliphatic carbocycles. The molecule has 0 bridgehead atoms. The summed E-state index contributed by atoms with van der Waals surface area (Å²) in [7, 11) is 0. The van der Waals surface area contributed by atoms with E-state index in [1.54, 1.807) is 0 Å². The molecule has 0 spiro atoms. The van der Waals surface area contributed by atoms with Crippen molar-refractivity contribution in [1.29, 1.82) is 0 Å². The molecule has 0 aliphatic rings. The highest BCUT2D eigenvalue weighted by Crippen LogP contribution is 2.44. The Morgan fingerprint density at radius 3 is 1.95 bits per heavy atom. The zero-order valence-electron chi connectivity index (χ0n) is 30.0. The van der Waals surface area contributed by atoms with Crippen molar-refractivity contribution in [2.75, 3.05) is 0 Å². The molecule has 55 heavy (non-hydrogen) atoms. The first kappa shape index (κ1) is 32.7. The topological polar surface area (TPSA) is 51.8 Å². The first-order valence-electron chi connectivity index (χ1n) is 18.3. The van der Waals surface area contributed by atoms with Crippen LogP contribution in [0.25, 0.3) is 99.1 Å². The van der Waals surface area contributed by atoms with Crippen LogP contribution < -0.4 is 0 Å². The van der Waals surface area contributed by atoms with Crippen LogP contribution in [0.5, 0.6) is 0 Å². The molecule has 0 aliphatic heterocycles. The van der Waals surface area contributed by atoms with Crippen LogP contribution in [0.4, 0.5) is 0 Å². The molecule has 10 aromatic rings. The normalized spacial score (nSPS) is 11.7. The molecule has 0 saturated carbocycles. The summed E-state index contributed by atoms with van der Waals surface area (Å²) in [6, 6.07) is 54.6. The Morgan fingerprint density at radius 2 is 1.11 bits per heavy atom. The van der Waals surface area contributed by atoms with Gasteiger partial charge < -0.3 is 4.42 Å². The van der Waals surface area contributed by atoms with E-state index < -0.39 is 0 Å². The lowest BCUT2D eigenvalue weighted by atomic mass is 9.93. The second-order valence-electron chi connectivity index (χ2n) is 13.6. The Kier molecular flexibility index (Phi) is 8.01. The maximum absolute atomic E-state index is 6.25. The largest absolute Gasteiger partial charge is 0.456 e. The smallest absolute Gasteiger partial charge is 0.164 e. The maximum Gasteiger partial charge on any atom is 0.164 e. The van der Waals surface area contributed by atoms with Crippen molar-refractivity contribution in [2.24, 2.45) is 0 Å². The molecule has 4 nitrogen and oxygen atoms in total. The third kappa shape index (κ3) is 5.73. The summed E-state index contributed by atoms with van der Waals surface area (Å²) in [6.07, 6.45) is 4.22. The van der Waals surface area contributed by atoms with Crippen LogP contribution in [0, 0.1) is 0 Å². The SMILES string of the molecule is C=C(c1ccccc1/C=C\C)c1cccc2c1sc1c(-c3cccc(-c4nc(-c5ccccc5)nc(-c5ccc6c(c5)oc5ccccc56)n4)c3)cccc12. The lowest BCUT2D eigenvalue weighted by Gasteiger charge is -2.11. The number of hydrogen-bond donors (Lipinski definition) is 0. The highest BCUT2D eigenvalue weighted by atomic mass is 32.1. The van der Waals surface area contributed by atoms with Gasteiger partial charge in [0.1, 0.15) is 11.2 Å². The summed E-state index contributed by atoms with van der Waals surface area (Å²) >= 11 is 1.83. The van der Waals surface area contributed by atoms with Gasteiger partial charge in [0.15, 0.2) is 17.5 Å². The van der Waals surface area contributed by atoms with Gasteiger partial charge in [-0.1, -0.05) is 152 Å². The van der Waals surface area contributed by atoms with Crippen LogP contribution in [-0.2, 0) is 0 Å². The van der Waals surface area contributed by atoms with Crippen LogP contribution in [0.2, 0.25) is 0 Å². The number of thiophene rings is 1. The minimum Gasteiger partial charge on any atom is -0.456 e. The molecule has 3 aromatic heterocycles. The van der Waals surface area contributed by atoms with Gasteiger partial charge >= 0.3 is 0 Å². The zero-order valence-corrected chi connectivity index (χ0v) is 30.8. The molecule has 10 rings (SSSR count). The number of aromatic nitrogens is 3. The average Bonchev–Trinajstić information content (AvgIpc) is 3.82. The summed E-state index contributed by atoms with van der Waals surface area (Å²) in [5.74, 6) is 1.82. The third-order valence-electron chi connectivity index (χ3n) is 10.2. The summed E-state index contributed by atoms with van der Waals surface area (Å²) in [5, 5.41) is 4.62. The molecule has 260 valence electrons. The van der Waals surface area contributed by atoms with Crippen LogP contribution in [0.1, 0.15) is 23.6 Å². The first-order valence-corrected chi connectivity index (χ1v) is 19.1. The highest BCUT2D eigenvalue weighted by molar-refractivity contribution is 7.26. The predicted molar refractivity (Wildman–Crippen MR) is 231 cm³/mol. The molecular formula is C50H33N3OS. The number of nitrogens with zero attached hydrogens (tertiary/aromatic N) is 3. The Bertz CT molecular complexity index is 3130. The summed E-state index contributed by atoms with van der Waals surface area (Å²) in [6.45, 7) is 6.66. The van der Waals surface area contributed by atoms with Crippen molar-refractivity contribution in [3.05, 3.63) is 187 Å². The van der Waals surface area contributed by atoms with Crippen LogP contribution >= 0.6 is 11.3 Å². The fourth-order valence-electron chi connectivity index (χ4n) is 7.57. The first-order chi connectivity index (χ1) is 27.1. The second-order valence-corrected chi connectivity index (χ2v) is 14.6. The van der Waals surface area contributed by atoms with Crippen molar-refractivity contribution in [3.8, 4) is 45.3 Å². The Labute approximate surface area is 322 Å². The van der Waals surface area contributed by atoms with E-state index in [0.717, 1.165) is 66.5 Å². The van der Waals surface area contributed by atoms with Gasteiger partial charge in [0.25, 0.3) is 0 Å². The molecule has 3 heterocycles. The summed E-state index contributed by atoms with van der Waals surface area (Å²) in [4.78, 5) is 15.1. The lowest BCUT2D eigenvalue weighted by Crippen LogP contribution is -2.00. The average molecular weight is 724 g/mol. The van der Waals surface area contributed by atoms with Crippen molar-refractivity contribution in [1.82, 2.24) is 15.0 Å². The standard InChI is InChI=1S/C50H33N3OS/c1-3-14-32-15-7-8-20-37(32)31(2)38-22-12-24-42-43-25-13-23-39(47(43)55-46(38)42)34-18-11-19-35(29-34)49-51-48(33-16-5-4-6-17-33)52-50(53-49)36-27-28-41-40-21-9-10-26-44(40)54-45(41)30-36/h3-30H,2H2,1H3/b14-3-. The van der Waals surface area contributed by atoms with Crippen molar-refractivity contribution in [2.45, 2.75) is 6.92 Å². The maximum atomic E-state index is 6.25. The Hall–Kier alpha value is -6.95. The minimum atomic E-state index is 0.590. The van der Waals surface area contributed by atoms with Crippen molar-refractivity contribution < 1.29 is 4.42 Å². The molecule has 0 atom stereocenters. The van der Waals surface area contributed by atoms with Gasteiger partial charge in [-0.15, -0.1) is 11.3 Å². The molecular weight excluding hydrogens is 691 g/mol. The lowest BCUT2D eigenvalue weighted by molar-refractivity contribution is 0.669. The molecule has 0 N–H and O–H groups in total. The molecule has 0 unspecified atom stereocenters. The van der Waals surface area contributed by atoms with E-state index in [1.165, 1.54) is 25.7 Å². The number of allylic oxidation sites excluding steroid dienone is 1. The number of furan rings is 1. The summed E-state index contributed by atoms with van der Waals surface area (Å²) < 4.78 is 8.71. The quantitative estimate of drug-likeness (QED) is 0.164. The van der Waals surface area contributed by atoms with E-state index >= 15 is 0 Å². The highest BCUT2D eigenvalue weighted by Gasteiger charge is 2.18. The van der Waals surface area contributed by atoms with E-state index in [4.69, 9.17) is 19.4 Å². The monoisotopic (exact) mass is 723 g/mol. The number of fused-ring (bicyclic) bond motifs is 6. The van der Waals surface area contributed by atoms with Crippen LogP contribution in [0.3, 0.4) is 0 Å². The van der Waals surface area contributed by atoms with Gasteiger partial charge in [0.05, 0.1) is 0 Å². The molecule has 5 heteroatoms. The van der Waals surface area contributed by atoms with Crippen molar-refractivity contribution in [3.63, 3.8) is 0 Å². The summed E-state index contributed by atoms with van der Waals surface area (Å²) in [5.41, 5.74) is 11.1. The number of rotatable bonds is 7. The Morgan fingerprint density at radius 1 is 0.509 bits per heavy atom. The van der Waals surface area contributed by atoms with Gasteiger partial charge in [-0.2, -0.15) is 0 Å². The number of para-hydroxylation sites is 1. The fraction of sp³-hybridized carbons (Fsp3) is 0.0200. The molecule has 0 fully saturated rings. The second kappa shape index (κ2) is 13.5. The van der Waals surface area contributed by atoms with Gasteiger partial charge in [-0.05, 0) is 64.6 Å². The Balaban J connectivity index is 1.10.